The third kappa shape index (κ3) is 4.03. The van der Waals surface area contributed by atoms with Crippen LogP contribution in [0.1, 0.15) is 27.8 Å². The van der Waals surface area contributed by atoms with E-state index in [2.05, 4.69) is 0 Å². The number of aryl methyl sites for hydroxylation is 3. The molecule has 1 heterocycles. The molecule has 0 unspecified atom stereocenters. The van der Waals surface area contributed by atoms with Crippen LogP contribution in [0.15, 0.2) is 78.4 Å². The molecule has 4 rings (SSSR count). The Kier molecular flexibility index (Phi) is 5.26. The van der Waals surface area contributed by atoms with Gasteiger partial charge in [0, 0.05) is 23.4 Å². The van der Waals surface area contributed by atoms with E-state index < -0.39 is 4.92 Å². The molecule has 1 amide bonds. The number of nitro groups is 1. The molecule has 1 aliphatic heterocycles. The van der Waals surface area contributed by atoms with Crippen LogP contribution in [-0.2, 0) is 4.79 Å². The summed E-state index contributed by atoms with van der Waals surface area (Å²) in [6.07, 6.45) is 3.64. The van der Waals surface area contributed by atoms with E-state index >= 15 is 0 Å². The number of benzene rings is 3. The zero-order valence-electron chi connectivity index (χ0n) is 17.6. The van der Waals surface area contributed by atoms with Gasteiger partial charge in [-0.1, -0.05) is 35.9 Å². The molecule has 5 heteroatoms. The summed E-state index contributed by atoms with van der Waals surface area (Å²) in [5, 5.41) is 10.9. The van der Waals surface area contributed by atoms with E-state index in [1.54, 1.807) is 23.1 Å². The van der Waals surface area contributed by atoms with Crippen molar-refractivity contribution in [2.24, 2.45) is 0 Å². The lowest BCUT2D eigenvalue weighted by atomic mass is 10.1. The Bertz CT molecular complexity index is 1240. The molecule has 31 heavy (non-hydrogen) atoms. The molecular formula is C26H22N2O3. The van der Waals surface area contributed by atoms with Gasteiger partial charge in [0.25, 0.3) is 11.6 Å². The van der Waals surface area contributed by atoms with Crippen molar-refractivity contribution in [3.8, 4) is 0 Å². The van der Waals surface area contributed by atoms with Crippen LogP contribution in [0.25, 0.3) is 11.8 Å². The van der Waals surface area contributed by atoms with Crippen LogP contribution in [0.2, 0.25) is 0 Å². The van der Waals surface area contributed by atoms with Crippen LogP contribution < -0.4 is 4.90 Å². The molecule has 3 aromatic rings. The highest BCUT2D eigenvalue weighted by molar-refractivity contribution is 6.23. The predicted molar refractivity (Wildman–Crippen MR) is 124 cm³/mol. The van der Waals surface area contributed by atoms with Gasteiger partial charge in [-0.15, -0.1) is 0 Å². The largest absolute Gasteiger partial charge is 0.276 e. The summed E-state index contributed by atoms with van der Waals surface area (Å²) in [4.78, 5) is 25.6. The average molecular weight is 410 g/mol. The highest BCUT2D eigenvalue weighted by Gasteiger charge is 2.30. The summed E-state index contributed by atoms with van der Waals surface area (Å²) < 4.78 is 0. The van der Waals surface area contributed by atoms with Gasteiger partial charge in [0.1, 0.15) is 0 Å². The summed E-state index contributed by atoms with van der Waals surface area (Å²) in [5.74, 6) is -0.128. The predicted octanol–water partition coefficient (Wildman–Crippen LogP) is 5.99. The standard InChI is InChI=1S/C26H22N2O3/c1-17-4-9-21(10-5-17)25-16-22(15-20-7-12-23(13-8-20)28(30)31)26(29)27(25)24-11-6-18(2)19(3)14-24/h4-16H,1-3H3/b22-15+. The fourth-order valence-electron chi connectivity index (χ4n) is 3.55. The first-order valence-corrected chi connectivity index (χ1v) is 10.00. The summed E-state index contributed by atoms with van der Waals surface area (Å²) in [6, 6.07) is 20.2. The third-order valence-electron chi connectivity index (χ3n) is 5.51. The number of anilines is 1. The van der Waals surface area contributed by atoms with Crippen LogP contribution in [0.4, 0.5) is 11.4 Å². The van der Waals surface area contributed by atoms with E-state index in [-0.39, 0.29) is 11.6 Å². The molecule has 0 bridgehead atoms. The van der Waals surface area contributed by atoms with E-state index in [0.717, 1.165) is 39.2 Å². The molecule has 0 saturated carbocycles. The first-order chi connectivity index (χ1) is 14.8. The molecule has 5 nitrogen and oxygen atoms in total. The Morgan fingerprint density at radius 2 is 1.55 bits per heavy atom. The van der Waals surface area contributed by atoms with Gasteiger partial charge in [-0.2, -0.15) is 0 Å². The summed E-state index contributed by atoms with van der Waals surface area (Å²) in [7, 11) is 0. The highest BCUT2D eigenvalue weighted by atomic mass is 16.6. The lowest BCUT2D eigenvalue weighted by molar-refractivity contribution is -0.384. The van der Waals surface area contributed by atoms with Crippen molar-refractivity contribution in [2.75, 3.05) is 4.90 Å². The number of nitrogens with zero attached hydrogens (tertiary/aromatic N) is 2. The van der Waals surface area contributed by atoms with Gasteiger partial charge in [-0.25, -0.2) is 0 Å². The summed E-state index contributed by atoms with van der Waals surface area (Å²) >= 11 is 0. The number of nitro benzene ring substituents is 1. The Morgan fingerprint density at radius 3 is 2.16 bits per heavy atom. The minimum Gasteiger partial charge on any atom is -0.276 e. The normalized spacial score (nSPS) is 14.8. The Hall–Kier alpha value is -3.99. The molecule has 154 valence electrons. The number of hydrogen-bond donors (Lipinski definition) is 0. The molecule has 0 radical (unpaired) electrons. The van der Waals surface area contributed by atoms with Crippen LogP contribution >= 0.6 is 0 Å². The Labute approximate surface area is 181 Å². The van der Waals surface area contributed by atoms with Gasteiger partial charge in [0.05, 0.1) is 10.6 Å². The molecule has 3 aromatic carbocycles. The summed E-state index contributed by atoms with van der Waals surface area (Å²) in [5.41, 5.74) is 7.27. The second-order valence-corrected chi connectivity index (χ2v) is 7.75. The van der Waals surface area contributed by atoms with Crippen molar-refractivity contribution in [3.63, 3.8) is 0 Å². The van der Waals surface area contributed by atoms with Crippen LogP contribution in [0, 0.1) is 30.9 Å². The molecule has 0 spiro atoms. The third-order valence-corrected chi connectivity index (χ3v) is 5.51. The van der Waals surface area contributed by atoms with E-state index in [4.69, 9.17) is 0 Å². The molecular weight excluding hydrogens is 388 g/mol. The zero-order chi connectivity index (χ0) is 22.1. The molecule has 0 atom stereocenters. The van der Waals surface area contributed by atoms with E-state index in [1.165, 1.54) is 12.1 Å². The van der Waals surface area contributed by atoms with Crippen molar-refractivity contribution in [1.82, 2.24) is 0 Å². The molecule has 1 aliphatic rings. The lowest BCUT2D eigenvalue weighted by Gasteiger charge is -2.22. The van der Waals surface area contributed by atoms with Crippen LogP contribution in [0.3, 0.4) is 0 Å². The van der Waals surface area contributed by atoms with Crippen molar-refractivity contribution >= 4 is 29.1 Å². The van der Waals surface area contributed by atoms with Crippen LogP contribution in [0.5, 0.6) is 0 Å². The van der Waals surface area contributed by atoms with Crippen molar-refractivity contribution < 1.29 is 9.72 Å². The SMILES string of the molecule is Cc1ccc(C2=C/C(=C\c3ccc([N+](=O)[O-])cc3)C(=O)N2c2ccc(C)c(C)c2)cc1. The number of carbonyl (C=O) groups is 1. The Morgan fingerprint density at radius 1 is 0.871 bits per heavy atom. The fourth-order valence-corrected chi connectivity index (χ4v) is 3.55. The second-order valence-electron chi connectivity index (χ2n) is 7.75. The van der Waals surface area contributed by atoms with Gasteiger partial charge >= 0.3 is 0 Å². The van der Waals surface area contributed by atoms with Gasteiger partial charge in [-0.3, -0.25) is 19.8 Å². The molecule has 0 N–H and O–H groups in total. The average Bonchev–Trinajstić information content (AvgIpc) is 3.07. The highest BCUT2D eigenvalue weighted by Crippen LogP contribution is 2.36. The molecule has 0 fully saturated rings. The minimum absolute atomic E-state index is 0.0209. The lowest BCUT2D eigenvalue weighted by Crippen LogP contribution is -2.25. The van der Waals surface area contributed by atoms with Gasteiger partial charge in [0.2, 0.25) is 0 Å². The van der Waals surface area contributed by atoms with Crippen molar-refractivity contribution in [1.29, 1.82) is 0 Å². The number of hydrogen-bond acceptors (Lipinski definition) is 3. The van der Waals surface area contributed by atoms with Gasteiger partial charge < -0.3 is 0 Å². The fraction of sp³-hybridized carbons (Fsp3) is 0.115. The van der Waals surface area contributed by atoms with Gasteiger partial charge in [0.15, 0.2) is 0 Å². The Balaban J connectivity index is 1.80. The minimum atomic E-state index is -0.436. The van der Waals surface area contributed by atoms with Crippen molar-refractivity contribution in [3.05, 3.63) is 116 Å². The molecule has 0 saturated heterocycles. The van der Waals surface area contributed by atoms with E-state index in [0.29, 0.717) is 5.57 Å². The maximum Gasteiger partial charge on any atom is 0.269 e. The first-order valence-electron chi connectivity index (χ1n) is 10.00. The van der Waals surface area contributed by atoms with E-state index in [1.807, 2.05) is 69.3 Å². The zero-order valence-corrected chi connectivity index (χ0v) is 17.6. The van der Waals surface area contributed by atoms with Crippen LogP contribution in [-0.4, -0.2) is 10.8 Å². The first kappa shape index (κ1) is 20.3. The maximum absolute atomic E-state index is 13.4. The second kappa shape index (κ2) is 8.03. The van der Waals surface area contributed by atoms with Crippen molar-refractivity contribution in [2.45, 2.75) is 20.8 Å². The smallest absolute Gasteiger partial charge is 0.269 e. The van der Waals surface area contributed by atoms with Gasteiger partial charge in [-0.05, 0) is 79.4 Å². The number of non-ortho nitro benzene ring substituents is 1. The quantitative estimate of drug-likeness (QED) is 0.301. The number of carbonyl (C=O) groups excluding carboxylic acids is 1. The number of rotatable bonds is 4. The topological polar surface area (TPSA) is 63.5 Å². The van der Waals surface area contributed by atoms with E-state index in [9.17, 15) is 14.9 Å². The monoisotopic (exact) mass is 410 g/mol. The molecule has 0 aromatic heterocycles. The number of amides is 1. The summed E-state index contributed by atoms with van der Waals surface area (Å²) in [6.45, 7) is 6.10. The molecule has 0 aliphatic carbocycles. The maximum atomic E-state index is 13.4.